The molecule has 1 aromatic heterocycles. The molecule has 88 valence electrons. The highest BCUT2D eigenvalue weighted by Crippen LogP contribution is 2.14. The lowest BCUT2D eigenvalue weighted by Crippen LogP contribution is -2.12. The number of hydrogen-bond acceptors (Lipinski definition) is 2. The summed E-state index contributed by atoms with van der Waals surface area (Å²) < 4.78 is 25.5. The number of aromatic amines is 1. The Morgan fingerprint density at radius 1 is 1.29 bits per heavy atom. The predicted octanol–water partition coefficient (Wildman–Crippen LogP) is 2.25. The van der Waals surface area contributed by atoms with E-state index in [9.17, 15) is 13.6 Å². The van der Waals surface area contributed by atoms with E-state index in [0.717, 1.165) is 17.8 Å². The molecule has 0 unspecified atom stereocenters. The van der Waals surface area contributed by atoms with Crippen molar-refractivity contribution in [2.45, 2.75) is 6.92 Å². The standard InChI is InChI=1S/C11H9F2N3O/c1-6-4-10(16-15-6)11(17)14-7-2-3-8(12)9(13)5-7/h2-5H,1H3,(H,14,17)(H,15,16). The fourth-order valence-corrected chi connectivity index (χ4v) is 1.30. The first-order valence-corrected chi connectivity index (χ1v) is 4.84. The first kappa shape index (κ1) is 11.3. The van der Waals surface area contributed by atoms with E-state index in [2.05, 4.69) is 15.5 Å². The van der Waals surface area contributed by atoms with Crippen LogP contribution < -0.4 is 5.32 Å². The van der Waals surface area contributed by atoms with Gasteiger partial charge in [0.1, 0.15) is 0 Å². The van der Waals surface area contributed by atoms with E-state index in [1.165, 1.54) is 6.07 Å². The molecular formula is C11H9F2N3O. The number of aromatic nitrogens is 2. The third-order valence-electron chi connectivity index (χ3n) is 2.12. The number of halogens is 2. The second-order valence-electron chi connectivity index (χ2n) is 3.52. The Hall–Kier alpha value is -2.24. The SMILES string of the molecule is Cc1cc(C(=O)Nc2ccc(F)c(F)c2)n[nH]1. The highest BCUT2D eigenvalue weighted by Gasteiger charge is 2.10. The molecule has 1 amide bonds. The van der Waals surface area contributed by atoms with Crippen molar-refractivity contribution < 1.29 is 13.6 Å². The van der Waals surface area contributed by atoms with Crippen LogP contribution in [-0.4, -0.2) is 16.1 Å². The van der Waals surface area contributed by atoms with Gasteiger partial charge in [0.2, 0.25) is 0 Å². The van der Waals surface area contributed by atoms with Gasteiger partial charge in [0, 0.05) is 17.4 Å². The molecule has 1 aromatic carbocycles. The molecule has 2 N–H and O–H groups in total. The Bertz CT molecular complexity index is 566. The van der Waals surface area contributed by atoms with Gasteiger partial charge in [-0.3, -0.25) is 9.89 Å². The third-order valence-corrected chi connectivity index (χ3v) is 2.12. The summed E-state index contributed by atoms with van der Waals surface area (Å²) >= 11 is 0. The molecular weight excluding hydrogens is 228 g/mol. The molecule has 6 heteroatoms. The van der Waals surface area contributed by atoms with Gasteiger partial charge in [-0.05, 0) is 25.1 Å². The molecule has 0 spiro atoms. The maximum atomic E-state index is 12.9. The smallest absolute Gasteiger partial charge is 0.276 e. The molecule has 0 saturated heterocycles. The van der Waals surface area contributed by atoms with Gasteiger partial charge in [0.25, 0.3) is 5.91 Å². The van der Waals surface area contributed by atoms with E-state index < -0.39 is 17.5 Å². The molecule has 0 fully saturated rings. The molecule has 4 nitrogen and oxygen atoms in total. The van der Waals surface area contributed by atoms with Crippen LogP contribution in [0.25, 0.3) is 0 Å². The summed E-state index contributed by atoms with van der Waals surface area (Å²) in [4.78, 5) is 11.6. The highest BCUT2D eigenvalue weighted by atomic mass is 19.2. The Kier molecular flexibility index (Phi) is 2.86. The van der Waals surface area contributed by atoms with Crippen molar-refractivity contribution in [3.63, 3.8) is 0 Å². The van der Waals surface area contributed by atoms with Crippen LogP contribution in [0.15, 0.2) is 24.3 Å². The minimum Gasteiger partial charge on any atom is -0.320 e. The van der Waals surface area contributed by atoms with Crippen LogP contribution in [0.1, 0.15) is 16.2 Å². The van der Waals surface area contributed by atoms with Crippen molar-refractivity contribution in [2.75, 3.05) is 5.32 Å². The summed E-state index contributed by atoms with van der Waals surface area (Å²) in [7, 11) is 0. The zero-order valence-electron chi connectivity index (χ0n) is 8.92. The number of nitrogens with zero attached hydrogens (tertiary/aromatic N) is 1. The van der Waals surface area contributed by atoms with Crippen LogP contribution in [0, 0.1) is 18.6 Å². The third kappa shape index (κ3) is 2.47. The summed E-state index contributed by atoms with van der Waals surface area (Å²) in [6.07, 6.45) is 0. The second kappa shape index (κ2) is 4.32. The molecule has 0 aliphatic rings. The average molecular weight is 237 g/mol. The first-order valence-electron chi connectivity index (χ1n) is 4.84. The number of carbonyl (C=O) groups is 1. The summed E-state index contributed by atoms with van der Waals surface area (Å²) in [6.45, 7) is 1.75. The summed E-state index contributed by atoms with van der Waals surface area (Å²) in [5.41, 5.74) is 1.10. The largest absolute Gasteiger partial charge is 0.320 e. The Morgan fingerprint density at radius 2 is 2.06 bits per heavy atom. The first-order chi connectivity index (χ1) is 8.06. The number of carbonyl (C=O) groups excluding carboxylic acids is 1. The zero-order chi connectivity index (χ0) is 12.4. The van der Waals surface area contributed by atoms with Gasteiger partial charge in [-0.15, -0.1) is 0 Å². The second-order valence-corrected chi connectivity index (χ2v) is 3.52. The molecule has 0 radical (unpaired) electrons. The fourth-order valence-electron chi connectivity index (χ4n) is 1.30. The van der Waals surface area contributed by atoms with Crippen molar-refractivity contribution in [1.29, 1.82) is 0 Å². The van der Waals surface area contributed by atoms with E-state index in [1.54, 1.807) is 13.0 Å². The van der Waals surface area contributed by atoms with Gasteiger partial charge in [-0.25, -0.2) is 8.78 Å². The number of benzene rings is 1. The number of H-pyrrole nitrogens is 1. The molecule has 1 heterocycles. The number of aryl methyl sites for hydroxylation is 1. The van der Waals surface area contributed by atoms with Crippen LogP contribution in [0.2, 0.25) is 0 Å². The number of anilines is 1. The average Bonchev–Trinajstić information content (AvgIpc) is 2.70. The Balaban J connectivity index is 2.15. The van der Waals surface area contributed by atoms with Crippen LogP contribution in [-0.2, 0) is 0 Å². The van der Waals surface area contributed by atoms with Gasteiger partial charge in [-0.1, -0.05) is 0 Å². The van der Waals surface area contributed by atoms with E-state index in [0.29, 0.717) is 0 Å². The number of rotatable bonds is 2. The lowest BCUT2D eigenvalue weighted by molar-refractivity contribution is 0.102. The van der Waals surface area contributed by atoms with Crippen molar-refractivity contribution in [1.82, 2.24) is 10.2 Å². The van der Waals surface area contributed by atoms with E-state index in [4.69, 9.17) is 0 Å². The van der Waals surface area contributed by atoms with Gasteiger partial charge in [-0.2, -0.15) is 5.10 Å². The maximum absolute atomic E-state index is 12.9. The fraction of sp³-hybridized carbons (Fsp3) is 0.0909. The quantitative estimate of drug-likeness (QED) is 0.841. The van der Waals surface area contributed by atoms with Crippen LogP contribution >= 0.6 is 0 Å². The zero-order valence-corrected chi connectivity index (χ0v) is 8.92. The lowest BCUT2D eigenvalue weighted by Gasteiger charge is -2.03. The lowest BCUT2D eigenvalue weighted by atomic mass is 10.3. The van der Waals surface area contributed by atoms with E-state index in [1.807, 2.05) is 0 Å². The number of amides is 1. The molecule has 0 saturated carbocycles. The van der Waals surface area contributed by atoms with Crippen molar-refractivity contribution in [3.05, 3.63) is 47.3 Å². The highest BCUT2D eigenvalue weighted by molar-refractivity contribution is 6.02. The minimum atomic E-state index is -1.01. The monoisotopic (exact) mass is 237 g/mol. The molecule has 2 rings (SSSR count). The summed E-state index contributed by atoms with van der Waals surface area (Å²) in [5, 5.41) is 8.77. The van der Waals surface area contributed by atoms with Gasteiger partial charge in [0.05, 0.1) is 0 Å². The predicted molar refractivity (Wildman–Crippen MR) is 57.6 cm³/mol. The van der Waals surface area contributed by atoms with Crippen molar-refractivity contribution in [2.24, 2.45) is 0 Å². The number of nitrogens with one attached hydrogen (secondary N) is 2. The van der Waals surface area contributed by atoms with Gasteiger partial charge < -0.3 is 5.32 Å². The molecule has 0 atom stereocenters. The molecule has 17 heavy (non-hydrogen) atoms. The molecule has 0 aliphatic carbocycles. The van der Waals surface area contributed by atoms with Gasteiger partial charge in [0.15, 0.2) is 17.3 Å². The topological polar surface area (TPSA) is 57.8 Å². The minimum absolute atomic E-state index is 0.176. The normalized spacial score (nSPS) is 10.3. The number of hydrogen-bond donors (Lipinski definition) is 2. The van der Waals surface area contributed by atoms with Crippen molar-refractivity contribution in [3.8, 4) is 0 Å². The van der Waals surface area contributed by atoms with E-state index in [-0.39, 0.29) is 11.4 Å². The maximum Gasteiger partial charge on any atom is 0.276 e. The summed E-state index contributed by atoms with van der Waals surface area (Å²) in [5.74, 6) is -2.46. The Morgan fingerprint density at radius 3 is 2.65 bits per heavy atom. The van der Waals surface area contributed by atoms with E-state index >= 15 is 0 Å². The van der Waals surface area contributed by atoms with Crippen LogP contribution in [0.5, 0.6) is 0 Å². The van der Waals surface area contributed by atoms with Crippen LogP contribution in [0.4, 0.5) is 14.5 Å². The molecule has 0 aliphatic heterocycles. The molecule has 0 bridgehead atoms. The molecule has 2 aromatic rings. The van der Waals surface area contributed by atoms with Crippen LogP contribution in [0.3, 0.4) is 0 Å². The Labute approximate surface area is 95.7 Å². The van der Waals surface area contributed by atoms with Gasteiger partial charge >= 0.3 is 0 Å². The summed E-state index contributed by atoms with van der Waals surface area (Å²) in [6, 6.07) is 4.68. The van der Waals surface area contributed by atoms with Crippen molar-refractivity contribution >= 4 is 11.6 Å².